The number of unbranched alkanes of at least 4 members (excludes halogenated alkanes) is 9. The molecule has 0 aliphatic carbocycles. The Morgan fingerprint density at radius 3 is 1.61 bits per heavy atom. The molecule has 23 heavy (non-hydrogen) atoms. The van der Waals surface area contributed by atoms with Gasteiger partial charge in [0.2, 0.25) is 0 Å². The first-order chi connectivity index (χ1) is 10.8. The van der Waals surface area contributed by atoms with Crippen LogP contribution in [0.25, 0.3) is 0 Å². The maximum absolute atomic E-state index is 6.00. The minimum atomic E-state index is -0.549. The van der Waals surface area contributed by atoms with E-state index >= 15 is 0 Å². The van der Waals surface area contributed by atoms with Crippen LogP contribution in [0, 0.1) is 0 Å². The molecule has 0 atom stereocenters. The fourth-order valence-corrected chi connectivity index (χ4v) is 2.57. The van der Waals surface area contributed by atoms with E-state index in [9.17, 15) is 0 Å². The van der Waals surface area contributed by atoms with Crippen LogP contribution in [0.3, 0.4) is 0 Å². The average molecular weight is 330 g/mol. The van der Waals surface area contributed by atoms with Crippen molar-refractivity contribution in [1.82, 2.24) is 0 Å². The van der Waals surface area contributed by atoms with Crippen molar-refractivity contribution in [3.63, 3.8) is 0 Å². The molecule has 0 aromatic heterocycles. The van der Waals surface area contributed by atoms with Gasteiger partial charge in [0.1, 0.15) is 5.72 Å². The summed E-state index contributed by atoms with van der Waals surface area (Å²) < 4.78 is 11.6. The topological polar surface area (TPSA) is 44.5 Å². The zero-order chi connectivity index (χ0) is 17.6. The fraction of sp³-hybridized carbons (Fsp3) is 1.00. The van der Waals surface area contributed by atoms with Crippen LogP contribution in [0.4, 0.5) is 0 Å². The third kappa shape index (κ3) is 18.1. The Kier molecular flexibility index (Phi) is 13.1. The van der Waals surface area contributed by atoms with Crippen LogP contribution in [-0.4, -0.2) is 24.5 Å². The summed E-state index contributed by atoms with van der Waals surface area (Å²) in [6.07, 6.45) is 14.5. The van der Waals surface area contributed by atoms with E-state index in [1.807, 2.05) is 13.8 Å². The predicted molar refractivity (Wildman–Crippen MR) is 101 cm³/mol. The zero-order valence-corrected chi connectivity index (χ0v) is 16.6. The van der Waals surface area contributed by atoms with Crippen LogP contribution in [0.2, 0.25) is 0 Å². The Morgan fingerprint density at radius 2 is 1.13 bits per heavy atom. The molecule has 0 aliphatic rings. The molecule has 2 N–H and O–H groups in total. The van der Waals surface area contributed by atoms with Crippen LogP contribution >= 0.6 is 0 Å². The summed E-state index contributed by atoms with van der Waals surface area (Å²) in [5, 5.41) is 0. The maximum Gasteiger partial charge on any atom is 0.111 e. The maximum atomic E-state index is 6.00. The Labute approximate surface area is 145 Å². The van der Waals surface area contributed by atoms with Gasteiger partial charge in [-0.05, 0) is 40.5 Å². The minimum absolute atomic E-state index is 0.121. The Balaban J connectivity index is 3.38. The number of rotatable bonds is 16. The highest BCUT2D eigenvalue weighted by Gasteiger charge is 2.20. The second kappa shape index (κ2) is 13.2. The van der Waals surface area contributed by atoms with Gasteiger partial charge < -0.3 is 15.2 Å². The fourth-order valence-electron chi connectivity index (χ4n) is 2.57. The van der Waals surface area contributed by atoms with Gasteiger partial charge >= 0.3 is 0 Å². The molecule has 0 fully saturated rings. The first-order valence-corrected chi connectivity index (χ1v) is 9.83. The van der Waals surface area contributed by atoms with Crippen molar-refractivity contribution >= 4 is 0 Å². The summed E-state index contributed by atoms with van der Waals surface area (Å²) in [7, 11) is 0. The molecule has 0 amide bonds. The van der Waals surface area contributed by atoms with Crippen LogP contribution in [0.1, 0.15) is 105 Å². The predicted octanol–water partition coefficient (Wildman–Crippen LogP) is 5.80. The molecule has 0 aliphatic heterocycles. The molecule has 3 nitrogen and oxygen atoms in total. The Bertz CT molecular complexity index is 259. The molecular formula is C20H43NO2. The summed E-state index contributed by atoms with van der Waals surface area (Å²) in [5.41, 5.74) is 5.15. The van der Waals surface area contributed by atoms with Crippen LogP contribution in [-0.2, 0) is 9.47 Å². The van der Waals surface area contributed by atoms with Crippen molar-refractivity contribution in [2.45, 2.75) is 117 Å². The highest BCUT2D eigenvalue weighted by Crippen LogP contribution is 2.17. The monoisotopic (exact) mass is 329 g/mol. The summed E-state index contributed by atoms with van der Waals surface area (Å²) in [5.74, 6) is 0. The van der Waals surface area contributed by atoms with E-state index in [0.717, 1.165) is 13.0 Å². The summed E-state index contributed by atoms with van der Waals surface area (Å²) in [6.45, 7) is 11.8. The van der Waals surface area contributed by atoms with Crippen molar-refractivity contribution in [2.75, 3.05) is 13.2 Å². The van der Waals surface area contributed by atoms with Crippen LogP contribution < -0.4 is 5.73 Å². The molecule has 0 rings (SSSR count). The summed E-state index contributed by atoms with van der Waals surface area (Å²) in [6, 6.07) is 0. The van der Waals surface area contributed by atoms with Gasteiger partial charge in [-0.25, -0.2) is 0 Å². The van der Waals surface area contributed by atoms with Crippen molar-refractivity contribution in [1.29, 1.82) is 0 Å². The lowest BCUT2D eigenvalue weighted by Gasteiger charge is -2.27. The molecular weight excluding hydrogens is 286 g/mol. The number of hydrogen-bond donors (Lipinski definition) is 1. The average Bonchev–Trinajstić information content (AvgIpc) is 2.43. The quantitative estimate of drug-likeness (QED) is 0.287. The number of nitrogens with two attached hydrogens (primary N) is 1. The number of ether oxygens (including phenoxy) is 2. The van der Waals surface area contributed by atoms with Crippen LogP contribution in [0.15, 0.2) is 0 Å². The lowest BCUT2D eigenvalue weighted by atomic mass is 10.1. The van der Waals surface area contributed by atoms with Crippen molar-refractivity contribution in [3.05, 3.63) is 0 Å². The highest BCUT2D eigenvalue weighted by molar-refractivity contribution is 4.69. The molecule has 0 saturated carbocycles. The second-order valence-electron chi connectivity index (χ2n) is 7.99. The van der Waals surface area contributed by atoms with Crippen molar-refractivity contribution in [3.8, 4) is 0 Å². The normalized spacial score (nSPS) is 12.8. The van der Waals surface area contributed by atoms with Gasteiger partial charge in [0.05, 0.1) is 12.2 Å². The molecule has 0 unspecified atom stereocenters. The van der Waals surface area contributed by atoms with Gasteiger partial charge in [-0.2, -0.15) is 0 Å². The molecule has 0 spiro atoms. The minimum Gasteiger partial charge on any atom is -0.375 e. The van der Waals surface area contributed by atoms with Gasteiger partial charge in [0, 0.05) is 6.61 Å². The van der Waals surface area contributed by atoms with E-state index in [1.54, 1.807) is 0 Å². The smallest absolute Gasteiger partial charge is 0.111 e. The van der Waals surface area contributed by atoms with E-state index < -0.39 is 5.72 Å². The molecule has 0 radical (unpaired) electrons. The van der Waals surface area contributed by atoms with Crippen LogP contribution in [0.5, 0.6) is 0 Å². The lowest BCUT2D eigenvalue weighted by molar-refractivity contribution is -0.0707. The Morgan fingerprint density at radius 1 is 0.652 bits per heavy atom. The number of hydrogen-bond acceptors (Lipinski definition) is 3. The molecule has 0 bridgehead atoms. The molecule has 0 heterocycles. The summed E-state index contributed by atoms with van der Waals surface area (Å²) in [4.78, 5) is 0. The molecule has 0 aromatic carbocycles. The van der Waals surface area contributed by atoms with Gasteiger partial charge in [-0.3, -0.25) is 0 Å². The Hall–Kier alpha value is -0.120. The van der Waals surface area contributed by atoms with Gasteiger partial charge in [0.25, 0.3) is 0 Å². The largest absolute Gasteiger partial charge is 0.375 e. The van der Waals surface area contributed by atoms with Crippen molar-refractivity contribution < 1.29 is 9.47 Å². The van der Waals surface area contributed by atoms with Crippen molar-refractivity contribution in [2.24, 2.45) is 5.73 Å². The zero-order valence-electron chi connectivity index (χ0n) is 16.6. The van der Waals surface area contributed by atoms with E-state index in [0.29, 0.717) is 6.61 Å². The molecule has 0 saturated heterocycles. The highest BCUT2D eigenvalue weighted by atomic mass is 16.5. The SMILES string of the molecule is CCCCCCCCCCCCOC(C)(C)CCOC(C)(C)N. The third-order valence-corrected chi connectivity index (χ3v) is 4.17. The van der Waals surface area contributed by atoms with E-state index in [1.165, 1.54) is 64.2 Å². The van der Waals surface area contributed by atoms with Gasteiger partial charge in [-0.1, -0.05) is 64.7 Å². The second-order valence-corrected chi connectivity index (χ2v) is 7.99. The first kappa shape index (κ1) is 22.9. The van der Waals surface area contributed by atoms with Gasteiger partial charge in [-0.15, -0.1) is 0 Å². The molecule has 0 aromatic rings. The third-order valence-electron chi connectivity index (χ3n) is 4.17. The first-order valence-electron chi connectivity index (χ1n) is 9.83. The van der Waals surface area contributed by atoms with E-state index in [-0.39, 0.29) is 5.60 Å². The molecule has 3 heteroatoms. The van der Waals surface area contributed by atoms with Gasteiger partial charge in [0.15, 0.2) is 0 Å². The van der Waals surface area contributed by atoms with E-state index in [4.69, 9.17) is 15.2 Å². The van der Waals surface area contributed by atoms with E-state index in [2.05, 4.69) is 20.8 Å². The standard InChI is InChI=1S/C20H43NO2/c1-6-7-8-9-10-11-12-13-14-15-17-22-19(2,3)16-18-23-20(4,5)21/h6-18,21H2,1-5H3. The lowest BCUT2D eigenvalue weighted by Crippen LogP contribution is -2.37. The molecule has 140 valence electrons. The summed E-state index contributed by atoms with van der Waals surface area (Å²) >= 11 is 0.